The molecule has 1 amide bonds. The molecule has 1 heterocycles. The molecule has 0 saturated heterocycles. The second-order valence-electron chi connectivity index (χ2n) is 6.61. The van der Waals surface area contributed by atoms with Gasteiger partial charge in [-0.15, -0.1) is 0 Å². The van der Waals surface area contributed by atoms with Crippen molar-refractivity contribution in [1.29, 1.82) is 0 Å². The van der Waals surface area contributed by atoms with E-state index in [1.54, 1.807) is 6.07 Å². The van der Waals surface area contributed by atoms with Crippen molar-refractivity contribution in [3.63, 3.8) is 0 Å². The van der Waals surface area contributed by atoms with Crippen LogP contribution in [0.5, 0.6) is 11.8 Å². The molecule has 6 heteroatoms. The van der Waals surface area contributed by atoms with E-state index in [-0.39, 0.29) is 11.9 Å². The minimum Gasteiger partial charge on any atom is -0.481 e. The summed E-state index contributed by atoms with van der Waals surface area (Å²) >= 11 is 0. The Hall–Kier alpha value is -1.85. The lowest BCUT2D eigenvalue weighted by molar-refractivity contribution is -0.116. The van der Waals surface area contributed by atoms with E-state index in [1.807, 2.05) is 0 Å². The number of methoxy groups -OCH3 is 2. The fourth-order valence-corrected chi connectivity index (χ4v) is 2.81. The first-order chi connectivity index (χ1) is 12.7. The average molecular weight is 366 g/mol. The summed E-state index contributed by atoms with van der Waals surface area (Å²) in [7, 11) is 3.02. The van der Waals surface area contributed by atoms with Crippen LogP contribution in [-0.4, -0.2) is 30.1 Å². The molecule has 0 saturated carbocycles. The zero-order chi connectivity index (χ0) is 19.0. The second-order valence-corrected chi connectivity index (χ2v) is 6.61. The van der Waals surface area contributed by atoms with E-state index in [1.165, 1.54) is 72.0 Å². The van der Waals surface area contributed by atoms with Gasteiger partial charge in [0, 0.05) is 6.42 Å². The number of amides is 1. The largest absolute Gasteiger partial charge is 0.481 e. The number of hydrogen-bond donors (Lipinski definition) is 1. The monoisotopic (exact) mass is 365 g/mol. The predicted molar refractivity (Wildman–Crippen MR) is 105 cm³/mol. The van der Waals surface area contributed by atoms with Gasteiger partial charge in [0.2, 0.25) is 23.6 Å². The number of unbranched alkanes of at least 4 members (excludes halogenated alkanes) is 10. The molecule has 1 N–H and O–H groups in total. The number of anilines is 1. The normalized spacial score (nSPS) is 10.6. The van der Waals surface area contributed by atoms with E-state index in [0.717, 1.165) is 12.8 Å². The van der Waals surface area contributed by atoms with Crippen LogP contribution >= 0.6 is 0 Å². The Kier molecular flexibility index (Phi) is 12.2. The van der Waals surface area contributed by atoms with E-state index >= 15 is 0 Å². The van der Waals surface area contributed by atoms with Gasteiger partial charge in [0.25, 0.3) is 0 Å². The van der Waals surface area contributed by atoms with Gasteiger partial charge in [-0.1, -0.05) is 71.1 Å². The number of hydrogen-bond acceptors (Lipinski definition) is 5. The Morgan fingerprint density at radius 3 is 1.77 bits per heavy atom. The number of rotatable bonds is 15. The third-order valence-electron chi connectivity index (χ3n) is 4.36. The van der Waals surface area contributed by atoms with Gasteiger partial charge < -0.3 is 9.47 Å². The number of nitrogens with zero attached hydrogens (tertiary/aromatic N) is 2. The summed E-state index contributed by atoms with van der Waals surface area (Å²) in [5.74, 6) is 0.870. The molecule has 0 aromatic carbocycles. The van der Waals surface area contributed by atoms with Crippen LogP contribution in [0.25, 0.3) is 0 Å². The molecule has 0 fully saturated rings. The summed E-state index contributed by atoms with van der Waals surface area (Å²) in [5, 5.41) is 2.71. The van der Waals surface area contributed by atoms with Crippen LogP contribution in [0.2, 0.25) is 0 Å². The molecule has 1 rings (SSSR count). The zero-order valence-electron chi connectivity index (χ0n) is 16.7. The third kappa shape index (κ3) is 10.2. The molecule has 0 spiro atoms. The van der Waals surface area contributed by atoms with E-state index in [0.29, 0.717) is 18.2 Å². The smallest absolute Gasteiger partial charge is 0.236 e. The van der Waals surface area contributed by atoms with Crippen molar-refractivity contribution in [1.82, 2.24) is 9.97 Å². The highest BCUT2D eigenvalue weighted by Gasteiger charge is 2.09. The minimum absolute atomic E-state index is 0.0729. The molecule has 0 aliphatic heterocycles. The molecule has 0 bridgehead atoms. The van der Waals surface area contributed by atoms with Gasteiger partial charge in [-0.3, -0.25) is 10.1 Å². The van der Waals surface area contributed by atoms with Crippen molar-refractivity contribution in [3.8, 4) is 11.8 Å². The molecule has 1 aromatic rings. The molecule has 6 nitrogen and oxygen atoms in total. The lowest BCUT2D eigenvalue weighted by Crippen LogP contribution is -2.14. The van der Waals surface area contributed by atoms with Crippen molar-refractivity contribution >= 4 is 11.9 Å². The quantitative estimate of drug-likeness (QED) is 0.436. The van der Waals surface area contributed by atoms with Gasteiger partial charge in [0.1, 0.15) is 0 Å². The number of carbonyl (C=O) groups is 1. The maximum Gasteiger partial charge on any atom is 0.236 e. The number of ether oxygens (including phenoxy) is 2. The van der Waals surface area contributed by atoms with Gasteiger partial charge in [0.15, 0.2) is 0 Å². The molecule has 0 aliphatic carbocycles. The second kappa shape index (κ2) is 14.3. The average Bonchev–Trinajstić information content (AvgIpc) is 2.65. The maximum atomic E-state index is 12.0. The summed E-state index contributed by atoms with van der Waals surface area (Å²) in [6, 6.07) is 1.57. The van der Waals surface area contributed by atoms with Crippen molar-refractivity contribution < 1.29 is 14.3 Å². The van der Waals surface area contributed by atoms with Gasteiger partial charge in [-0.25, -0.2) is 0 Å². The highest BCUT2D eigenvalue weighted by atomic mass is 16.5. The fourth-order valence-electron chi connectivity index (χ4n) is 2.81. The molecule has 148 valence electrons. The zero-order valence-corrected chi connectivity index (χ0v) is 16.7. The van der Waals surface area contributed by atoms with E-state index in [9.17, 15) is 4.79 Å². The number of nitrogens with one attached hydrogen (secondary N) is 1. The van der Waals surface area contributed by atoms with E-state index < -0.39 is 0 Å². The lowest BCUT2D eigenvalue weighted by Gasteiger charge is -2.07. The molecule has 26 heavy (non-hydrogen) atoms. The van der Waals surface area contributed by atoms with Gasteiger partial charge in [-0.2, -0.15) is 9.97 Å². The molecule has 0 aliphatic rings. The highest BCUT2D eigenvalue weighted by molar-refractivity contribution is 5.88. The van der Waals surface area contributed by atoms with Crippen molar-refractivity contribution in [2.75, 3.05) is 19.5 Å². The van der Waals surface area contributed by atoms with Crippen LogP contribution in [-0.2, 0) is 4.79 Å². The molecule has 0 atom stereocenters. The van der Waals surface area contributed by atoms with Gasteiger partial charge in [-0.05, 0) is 6.42 Å². The first-order valence-electron chi connectivity index (χ1n) is 9.96. The van der Waals surface area contributed by atoms with Crippen LogP contribution < -0.4 is 14.8 Å². The standard InChI is InChI=1S/C20H35N3O3/c1-4-5-6-7-8-9-10-11-12-13-14-15-17(24)21-20-22-18(25-2)16-19(23-20)26-3/h16H,4-15H2,1-3H3,(H,21,22,23,24). The first kappa shape index (κ1) is 22.2. The van der Waals surface area contributed by atoms with Gasteiger partial charge >= 0.3 is 0 Å². The van der Waals surface area contributed by atoms with E-state index in [4.69, 9.17) is 9.47 Å². The summed E-state index contributed by atoms with van der Waals surface area (Å²) in [6.07, 6.45) is 14.4. The fraction of sp³-hybridized carbons (Fsp3) is 0.750. The molecule has 0 unspecified atom stereocenters. The lowest BCUT2D eigenvalue weighted by atomic mass is 10.1. The Bertz CT molecular complexity index is 487. The van der Waals surface area contributed by atoms with Crippen LogP contribution in [0, 0.1) is 0 Å². The minimum atomic E-state index is -0.0729. The van der Waals surface area contributed by atoms with Gasteiger partial charge in [0.05, 0.1) is 20.3 Å². The summed E-state index contributed by atoms with van der Waals surface area (Å²) in [6.45, 7) is 2.25. The maximum absolute atomic E-state index is 12.0. The number of carbonyl (C=O) groups excluding carboxylic acids is 1. The van der Waals surface area contributed by atoms with Crippen molar-refractivity contribution in [2.45, 2.75) is 84.0 Å². The molecule has 0 radical (unpaired) electrons. The molecular weight excluding hydrogens is 330 g/mol. The Morgan fingerprint density at radius 2 is 1.31 bits per heavy atom. The van der Waals surface area contributed by atoms with Crippen molar-refractivity contribution in [3.05, 3.63) is 6.07 Å². The van der Waals surface area contributed by atoms with Crippen LogP contribution in [0.1, 0.15) is 84.0 Å². The van der Waals surface area contributed by atoms with Crippen LogP contribution in [0.15, 0.2) is 6.07 Å². The van der Waals surface area contributed by atoms with Crippen LogP contribution in [0.3, 0.4) is 0 Å². The van der Waals surface area contributed by atoms with Crippen LogP contribution in [0.4, 0.5) is 5.95 Å². The Morgan fingerprint density at radius 1 is 0.846 bits per heavy atom. The molecular formula is C20H35N3O3. The Labute approximate surface area is 158 Å². The highest BCUT2D eigenvalue weighted by Crippen LogP contribution is 2.17. The van der Waals surface area contributed by atoms with Crippen molar-refractivity contribution in [2.24, 2.45) is 0 Å². The summed E-state index contributed by atoms with van der Waals surface area (Å²) in [5.41, 5.74) is 0. The summed E-state index contributed by atoms with van der Waals surface area (Å²) in [4.78, 5) is 20.2. The Balaban J connectivity index is 2.08. The predicted octanol–water partition coefficient (Wildman–Crippen LogP) is 5.13. The molecule has 1 aromatic heterocycles. The third-order valence-corrected chi connectivity index (χ3v) is 4.36. The SMILES string of the molecule is CCCCCCCCCCCCCC(=O)Nc1nc(OC)cc(OC)n1. The topological polar surface area (TPSA) is 73.3 Å². The first-order valence-corrected chi connectivity index (χ1v) is 9.96. The number of aromatic nitrogens is 2. The summed E-state index contributed by atoms with van der Waals surface area (Å²) < 4.78 is 10.1. The van der Waals surface area contributed by atoms with E-state index in [2.05, 4.69) is 22.2 Å².